The van der Waals surface area contributed by atoms with Crippen LogP contribution in [0.3, 0.4) is 0 Å². The third kappa shape index (κ3) is 5.19. The van der Waals surface area contributed by atoms with Crippen LogP contribution in [0.2, 0.25) is 0 Å². The van der Waals surface area contributed by atoms with Gasteiger partial charge in [-0.2, -0.15) is 0 Å². The Morgan fingerprint density at radius 2 is 1.85 bits per heavy atom. The molecule has 1 heterocycles. The summed E-state index contributed by atoms with van der Waals surface area (Å²) in [6.07, 6.45) is 0. The normalized spacial score (nSPS) is 11.0. The van der Waals surface area contributed by atoms with E-state index in [0.717, 1.165) is 5.56 Å². The predicted octanol–water partition coefficient (Wildman–Crippen LogP) is 2.47. The van der Waals surface area contributed by atoms with Crippen LogP contribution < -0.4 is 20.1 Å². The van der Waals surface area contributed by atoms with Crippen molar-refractivity contribution in [2.45, 2.75) is 26.3 Å². The van der Waals surface area contributed by atoms with Crippen molar-refractivity contribution in [1.29, 1.82) is 0 Å². The average molecular weight is 377 g/mol. The van der Waals surface area contributed by atoms with E-state index < -0.39 is 5.91 Å². The van der Waals surface area contributed by atoms with E-state index in [1.54, 1.807) is 31.7 Å². The van der Waals surface area contributed by atoms with Crippen LogP contribution in [0.25, 0.3) is 10.6 Å². The molecule has 0 aliphatic carbocycles. The van der Waals surface area contributed by atoms with Gasteiger partial charge in [-0.25, -0.2) is 4.98 Å². The molecule has 2 aromatic rings. The Bertz CT molecular complexity index is 796. The van der Waals surface area contributed by atoms with Crippen LogP contribution in [0.15, 0.2) is 23.6 Å². The van der Waals surface area contributed by atoms with Crippen molar-refractivity contribution >= 4 is 23.2 Å². The number of thiazole rings is 1. The summed E-state index contributed by atoms with van der Waals surface area (Å²) in [4.78, 5) is 28.3. The molecule has 1 aromatic carbocycles. The quantitative estimate of drug-likeness (QED) is 0.807. The molecule has 0 saturated carbocycles. The Hall–Kier alpha value is -2.61. The highest BCUT2D eigenvalue weighted by Gasteiger charge is 2.17. The van der Waals surface area contributed by atoms with Crippen molar-refractivity contribution in [1.82, 2.24) is 15.6 Å². The van der Waals surface area contributed by atoms with E-state index in [-0.39, 0.29) is 23.7 Å². The second-order valence-corrected chi connectivity index (χ2v) is 7.45. The molecule has 2 N–H and O–H groups in total. The van der Waals surface area contributed by atoms with E-state index >= 15 is 0 Å². The van der Waals surface area contributed by atoms with Crippen molar-refractivity contribution in [2.75, 3.05) is 20.8 Å². The molecular formula is C18H23N3O4S. The molecule has 140 valence electrons. The number of rotatable bonds is 6. The lowest BCUT2D eigenvalue weighted by Gasteiger charge is -2.20. The van der Waals surface area contributed by atoms with Crippen LogP contribution in [0.1, 0.15) is 31.3 Å². The van der Waals surface area contributed by atoms with Crippen LogP contribution in [0.5, 0.6) is 11.5 Å². The number of nitrogens with one attached hydrogen (secondary N) is 2. The lowest BCUT2D eigenvalue weighted by molar-refractivity contribution is -0.121. The lowest BCUT2D eigenvalue weighted by Crippen LogP contribution is -2.45. The number of methoxy groups -OCH3 is 2. The van der Waals surface area contributed by atoms with Crippen LogP contribution in [-0.4, -0.2) is 43.1 Å². The monoisotopic (exact) mass is 377 g/mol. The summed E-state index contributed by atoms with van der Waals surface area (Å²) in [5.74, 6) is 0.568. The molecular weight excluding hydrogens is 354 g/mol. The van der Waals surface area contributed by atoms with Gasteiger partial charge in [0.05, 0.1) is 20.8 Å². The standard InChI is InChI=1S/C18H23N3O4S/c1-18(2,3)21-15(22)9-19-16(23)12-10-26-17(20-12)11-6-7-13(24-4)14(8-11)25-5/h6-8,10H,9H2,1-5H3,(H,19,23)(H,21,22). The smallest absolute Gasteiger partial charge is 0.271 e. The first-order chi connectivity index (χ1) is 12.2. The molecule has 0 aliphatic heterocycles. The number of carbonyl (C=O) groups excluding carboxylic acids is 2. The van der Waals surface area contributed by atoms with Crippen molar-refractivity contribution in [3.05, 3.63) is 29.3 Å². The van der Waals surface area contributed by atoms with E-state index in [2.05, 4.69) is 15.6 Å². The molecule has 0 radical (unpaired) electrons. The highest BCUT2D eigenvalue weighted by atomic mass is 32.1. The molecule has 2 rings (SSSR count). The molecule has 26 heavy (non-hydrogen) atoms. The number of amides is 2. The van der Waals surface area contributed by atoms with Gasteiger partial charge in [0, 0.05) is 16.5 Å². The van der Waals surface area contributed by atoms with Crippen LogP contribution in [-0.2, 0) is 4.79 Å². The van der Waals surface area contributed by atoms with Crippen LogP contribution in [0, 0.1) is 0 Å². The van der Waals surface area contributed by atoms with E-state index in [0.29, 0.717) is 16.5 Å². The van der Waals surface area contributed by atoms with Crippen LogP contribution >= 0.6 is 11.3 Å². The summed E-state index contributed by atoms with van der Waals surface area (Å²) in [5, 5.41) is 7.69. The summed E-state index contributed by atoms with van der Waals surface area (Å²) < 4.78 is 10.5. The Labute approximate surface area is 156 Å². The molecule has 8 heteroatoms. The van der Waals surface area contributed by atoms with Crippen molar-refractivity contribution in [3.63, 3.8) is 0 Å². The van der Waals surface area contributed by atoms with Gasteiger partial charge in [0.2, 0.25) is 5.91 Å². The highest BCUT2D eigenvalue weighted by molar-refractivity contribution is 7.13. The lowest BCUT2D eigenvalue weighted by atomic mass is 10.1. The van der Waals surface area contributed by atoms with Gasteiger partial charge in [-0.15, -0.1) is 11.3 Å². The van der Waals surface area contributed by atoms with Gasteiger partial charge in [0.1, 0.15) is 10.7 Å². The van der Waals surface area contributed by atoms with E-state index in [4.69, 9.17) is 9.47 Å². The number of hydrogen-bond donors (Lipinski definition) is 2. The van der Waals surface area contributed by atoms with Crippen molar-refractivity contribution in [2.24, 2.45) is 0 Å². The zero-order valence-corrected chi connectivity index (χ0v) is 16.3. The van der Waals surface area contributed by atoms with Gasteiger partial charge in [-0.1, -0.05) is 0 Å². The Balaban J connectivity index is 2.05. The second kappa shape index (κ2) is 8.18. The van der Waals surface area contributed by atoms with Gasteiger partial charge in [-0.05, 0) is 39.0 Å². The minimum absolute atomic E-state index is 0.0979. The maximum absolute atomic E-state index is 12.2. The van der Waals surface area contributed by atoms with Crippen LogP contribution in [0.4, 0.5) is 0 Å². The molecule has 0 unspecified atom stereocenters. The van der Waals surface area contributed by atoms with E-state index in [1.165, 1.54) is 11.3 Å². The first-order valence-corrected chi connectivity index (χ1v) is 8.88. The maximum Gasteiger partial charge on any atom is 0.271 e. The Kier molecular flexibility index (Phi) is 6.20. The largest absolute Gasteiger partial charge is 0.493 e. The predicted molar refractivity (Wildman–Crippen MR) is 101 cm³/mol. The van der Waals surface area contributed by atoms with Crippen molar-refractivity contribution < 1.29 is 19.1 Å². The molecule has 0 aliphatic rings. The van der Waals surface area contributed by atoms with Gasteiger partial charge in [-0.3, -0.25) is 9.59 Å². The number of carbonyl (C=O) groups is 2. The molecule has 0 spiro atoms. The van der Waals surface area contributed by atoms with Gasteiger partial charge in [0.25, 0.3) is 5.91 Å². The first kappa shape index (κ1) is 19.7. The minimum Gasteiger partial charge on any atom is -0.493 e. The fourth-order valence-corrected chi connectivity index (χ4v) is 2.99. The zero-order chi connectivity index (χ0) is 19.3. The highest BCUT2D eigenvalue weighted by Crippen LogP contribution is 2.33. The molecule has 0 atom stereocenters. The summed E-state index contributed by atoms with van der Waals surface area (Å²) in [7, 11) is 3.13. The summed E-state index contributed by atoms with van der Waals surface area (Å²) >= 11 is 1.34. The SMILES string of the molecule is COc1ccc(-c2nc(C(=O)NCC(=O)NC(C)(C)C)cs2)cc1OC. The van der Waals surface area contributed by atoms with Gasteiger partial charge in [0.15, 0.2) is 11.5 Å². The number of aromatic nitrogens is 1. The zero-order valence-electron chi connectivity index (χ0n) is 15.5. The molecule has 0 fully saturated rings. The first-order valence-electron chi connectivity index (χ1n) is 8.00. The third-order valence-corrected chi connectivity index (χ3v) is 4.18. The molecule has 0 saturated heterocycles. The van der Waals surface area contributed by atoms with Gasteiger partial charge >= 0.3 is 0 Å². The maximum atomic E-state index is 12.2. The van der Waals surface area contributed by atoms with Gasteiger partial charge < -0.3 is 20.1 Å². The summed E-state index contributed by atoms with van der Waals surface area (Å²) in [6, 6.07) is 5.43. The second-order valence-electron chi connectivity index (χ2n) is 6.59. The summed E-state index contributed by atoms with van der Waals surface area (Å²) in [5.41, 5.74) is 0.740. The molecule has 0 bridgehead atoms. The third-order valence-electron chi connectivity index (χ3n) is 3.29. The molecule has 1 aromatic heterocycles. The minimum atomic E-state index is -0.392. The summed E-state index contributed by atoms with van der Waals surface area (Å²) in [6.45, 7) is 5.53. The number of hydrogen-bond acceptors (Lipinski definition) is 6. The topological polar surface area (TPSA) is 89.5 Å². The number of benzene rings is 1. The van der Waals surface area contributed by atoms with Crippen molar-refractivity contribution in [3.8, 4) is 22.1 Å². The van der Waals surface area contributed by atoms with E-state index in [1.807, 2.05) is 26.8 Å². The number of nitrogens with zero attached hydrogens (tertiary/aromatic N) is 1. The number of ether oxygens (including phenoxy) is 2. The van der Waals surface area contributed by atoms with E-state index in [9.17, 15) is 9.59 Å². The molecule has 7 nitrogen and oxygen atoms in total. The Morgan fingerprint density at radius 3 is 2.46 bits per heavy atom. The average Bonchev–Trinajstić information content (AvgIpc) is 3.07. The Morgan fingerprint density at radius 1 is 1.15 bits per heavy atom. The molecule has 2 amide bonds. The fourth-order valence-electron chi connectivity index (χ4n) is 2.19. The fraction of sp³-hybridized carbons (Fsp3) is 0.389.